The Morgan fingerprint density at radius 3 is 3.06 bits per heavy atom. The first-order chi connectivity index (χ1) is 8.22. The number of methoxy groups -OCH3 is 1. The van der Waals surface area contributed by atoms with Crippen LogP contribution in [0.2, 0.25) is 5.02 Å². The van der Waals surface area contributed by atoms with Crippen molar-refractivity contribution in [2.24, 2.45) is 11.7 Å². The van der Waals surface area contributed by atoms with Gasteiger partial charge in [-0.15, -0.1) is 0 Å². The summed E-state index contributed by atoms with van der Waals surface area (Å²) in [6, 6.07) is 0.317. The van der Waals surface area contributed by atoms with Gasteiger partial charge in [-0.25, -0.2) is 0 Å². The van der Waals surface area contributed by atoms with Gasteiger partial charge in [0.2, 0.25) is 0 Å². The van der Waals surface area contributed by atoms with Crippen molar-refractivity contribution in [3.05, 3.63) is 16.9 Å². The van der Waals surface area contributed by atoms with Crippen molar-refractivity contribution < 1.29 is 4.74 Å². The van der Waals surface area contributed by atoms with Gasteiger partial charge in [-0.2, -0.15) is 5.10 Å². The van der Waals surface area contributed by atoms with Crippen LogP contribution < -0.4 is 5.73 Å². The molecule has 1 aromatic heterocycles. The van der Waals surface area contributed by atoms with Crippen LogP contribution in [0.25, 0.3) is 0 Å². The van der Waals surface area contributed by atoms with Crippen molar-refractivity contribution in [2.75, 3.05) is 13.7 Å². The molecule has 96 valence electrons. The molecule has 1 unspecified atom stereocenters. The normalized spacial score (nSPS) is 17.4. The summed E-state index contributed by atoms with van der Waals surface area (Å²) in [6.45, 7) is 1.40. The third kappa shape index (κ3) is 3.44. The van der Waals surface area contributed by atoms with Crippen LogP contribution in [0.4, 0.5) is 0 Å². The maximum atomic E-state index is 6.14. The van der Waals surface area contributed by atoms with Gasteiger partial charge in [0.25, 0.3) is 0 Å². The molecule has 1 aliphatic rings. The first-order valence-electron chi connectivity index (χ1n) is 6.17. The zero-order valence-corrected chi connectivity index (χ0v) is 11.0. The number of nitrogens with zero attached hydrogens (tertiary/aromatic N) is 2. The minimum Gasteiger partial charge on any atom is -0.383 e. The van der Waals surface area contributed by atoms with Crippen LogP contribution in [0.3, 0.4) is 0 Å². The molecule has 1 aromatic rings. The molecule has 0 amide bonds. The van der Waals surface area contributed by atoms with Crippen LogP contribution >= 0.6 is 11.6 Å². The zero-order chi connectivity index (χ0) is 12.3. The topological polar surface area (TPSA) is 53.1 Å². The minimum atomic E-state index is 0.317. The zero-order valence-electron chi connectivity index (χ0n) is 10.2. The third-order valence-electron chi connectivity index (χ3n) is 3.35. The molecule has 4 nitrogen and oxygen atoms in total. The van der Waals surface area contributed by atoms with E-state index in [4.69, 9.17) is 22.1 Å². The van der Waals surface area contributed by atoms with E-state index in [1.807, 2.05) is 4.68 Å². The SMILES string of the molecule is COCCn1ncc(Cl)c1CCC(N)C1CC1. The summed E-state index contributed by atoms with van der Waals surface area (Å²) in [5.41, 5.74) is 7.18. The molecular formula is C12H20ClN3O. The highest BCUT2D eigenvalue weighted by Gasteiger charge is 2.28. The number of rotatable bonds is 7. The molecule has 0 aromatic carbocycles. The lowest BCUT2D eigenvalue weighted by Crippen LogP contribution is -2.23. The molecule has 1 fully saturated rings. The van der Waals surface area contributed by atoms with Gasteiger partial charge in [-0.05, 0) is 31.6 Å². The fraction of sp³-hybridized carbons (Fsp3) is 0.750. The van der Waals surface area contributed by atoms with Gasteiger partial charge in [0.1, 0.15) is 0 Å². The average Bonchev–Trinajstić information content (AvgIpc) is 3.10. The van der Waals surface area contributed by atoms with Crippen molar-refractivity contribution in [1.82, 2.24) is 9.78 Å². The van der Waals surface area contributed by atoms with Crippen molar-refractivity contribution in [3.63, 3.8) is 0 Å². The third-order valence-corrected chi connectivity index (χ3v) is 3.66. The van der Waals surface area contributed by atoms with Gasteiger partial charge in [-0.3, -0.25) is 4.68 Å². The molecule has 0 radical (unpaired) electrons. The van der Waals surface area contributed by atoms with Crippen molar-refractivity contribution >= 4 is 11.6 Å². The van der Waals surface area contributed by atoms with Crippen LogP contribution in [0, 0.1) is 5.92 Å². The minimum absolute atomic E-state index is 0.317. The van der Waals surface area contributed by atoms with Crippen molar-refractivity contribution in [1.29, 1.82) is 0 Å². The highest BCUT2D eigenvalue weighted by Crippen LogP contribution is 2.33. The number of nitrogens with two attached hydrogens (primary N) is 1. The van der Waals surface area contributed by atoms with E-state index in [9.17, 15) is 0 Å². The Morgan fingerprint density at radius 1 is 1.65 bits per heavy atom. The quantitative estimate of drug-likeness (QED) is 0.811. The van der Waals surface area contributed by atoms with Crippen LogP contribution in [0.5, 0.6) is 0 Å². The fourth-order valence-electron chi connectivity index (χ4n) is 2.07. The fourth-order valence-corrected chi connectivity index (χ4v) is 2.31. The highest BCUT2D eigenvalue weighted by atomic mass is 35.5. The monoisotopic (exact) mass is 257 g/mol. The van der Waals surface area contributed by atoms with Crippen molar-refractivity contribution in [2.45, 2.75) is 38.3 Å². The number of aromatic nitrogens is 2. The summed E-state index contributed by atoms with van der Waals surface area (Å²) in [5, 5.41) is 5.00. The van der Waals surface area contributed by atoms with E-state index in [1.54, 1.807) is 13.3 Å². The summed E-state index contributed by atoms with van der Waals surface area (Å²) >= 11 is 6.14. The molecule has 1 aliphatic carbocycles. The summed E-state index contributed by atoms with van der Waals surface area (Å²) in [4.78, 5) is 0. The molecule has 1 heterocycles. The molecule has 2 N–H and O–H groups in total. The molecule has 0 saturated heterocycles. The van der Waals surface area contributed by atoms with E-state index < -0.39 is 0 Å². The number of hydrogen-bond donors (Lipinski definition) is 1. The Labute approximate surface area is 107 Å². The van der Waals surface area contributed by atoms with E-state index in [1.165, 1.54) is 12.8 Å². The Balaban J connectivity index is 1.90. The lowest BCUT2D eigenvalue weighted by atomic mass is 10.1. The predicted octanol–water partition coefficient (Wildman–Crippen LogP) is 1.85. The van der Waals surface area contributed by atoms with E-state index >= 15 is 0 Å². The molecule has 2 rings (SSSR count). The lowest BCUT2D eigenvalue weighted by molar-refractivity contribution is 0.182. The first-order valence-corrected chi connectivity index (χ1v) is 6.55. The van der Waals surface area contributed by atoms with Crippen LogP contribution in [-0.4, -0.2) is 29.5 Å². The smallest absolute Gasteiger partial charge is 0.0817 e. The Kier molecular flexibility index (Phi) is 4.42. The Morgan fingerprint density at radius 2 is 2.41 bits per heavy atom. The average molecular weight is 258 g/mol. The number of halogens is 1. The van der Waals surface area contributed by atoms with E-state index in [0.717, 1.165) is 36.0 Å². The molecule has 0 bridgehead atoms. The van der Waals surface area contributed by atoms with Crippen molar-refractivity contribution in [3.8, 4) is 0 Å². The van der Waals surface area contributed by atoms with E-state index in [0.29, 0.717) is 12.6 Å². The van der Waals surface area contributed by atoms with Gasteiger partial charge in [0.15, 0.2) is 0 Å². The maximum absolute atomic E-state index is 6.14. The van der Waals surface area contributed by atoms with E-state index in [-0.39, 0.29) is 0 Å². The number of ether oxygens (including phenoxy) is 1. The summed E-state index contributed by atoms with van der Waals surface area (Å²) in [7, 11) is 1.69. The molecule has 5 heteroatoms. The second-order valence-corrected chi connectivity index (χ2v) is 5.10. The van der Waals surface area contributed by atoms with Gasteiger partial charge in [0, 0.05) is 13.2 Å². The first kappa shape index (κ1) is 12.9. The lowest BCUT2D eigenvalue weighted by Gasteiger charge is -2.11. The Bertz CT molecular complexity index is 363. The molecule has 0 aliphatic heterocycles. The summed E-state index contributed by atoms with van der Waals surface area (Å²) < 4.78 is 6.98. The van der Waals surface area contributed by atoms with Crippen LogP contribution in [0.15, 0.2) is 6.20 Å². The Hall–Kier alpha value is -0.580. The molecule has 17 heavy (non-hydrogen) atoms. The second kappa shape index (κ2) is 5.85. The van der Waals surface area contributed by atoms with Gasteiger partial charge in [0.05, 0.1) is 30.1 Å². The molecular weight excluding hydrogens is 238 g/mol. The maximum Gasteiger partial charge on any atom is 0.0817 e. The van der Waals surface area contributed by atoms with Crippen LogP contribution in [0.1, 0.15) is 25.0 Å². The highest BCUT2D eigenvalue weighted by molar-refractivity contribution is 6.31. The van der Waals surface area contributed by atoms with Crippen LogP contribution in [-0.2, 0) is 17.7 Å². The summed E-state index contributed by atoms with van der Waals surface area (Å²) in [6.07, 6.45) is 6.17. The number of hydrogen-bond acceptors (Lipinski definition) is 3. The standard InChI is InChI=1S/C12H20ClN3O/c1-17-7-6-16-12(10(13)8-15-16)5-4-11(14)9-2-3-9/h8-9,11H,2-7,14H2,1H3. The second-order valence-electron chi connectivity index (χ2n) is 4.70. The molecule has 1 saturated carbocycles. The molecule has 1 atom stereocenters. The van der Waals surface area contributed by atoms with E-state index in [2.05, 4.69) is 5.10 Å². The largest absolute Gasteiger partial charge is 0.383 e. The van der Waals surface area contributed by atoms with Gasteiger partial charge in [-0.1, -0.05) is 11.6 Å². The predicted molar refractivity (Wildman–Crippen MR) is 68.1 cm³/mol. The molecule has 0 spiro atoms. The summed E-state index contributed by atoms with van der Waals surface area (Å²) in [5.74, 6) is 0.740. The van der Waals surface area contributed by atoms with Gasteiger partial charge >= 0.3 is 0 Å². The van der Waals surface area contributed by atoms with Gasteiger partial charge < -0.3 is 10.5 Å².